The number of aliphatic hydroxyl groups excluding tert-OH is 1. The number of anilines is 1. The Kier molecular flexibility index (Phi) is 2.19. The molecule has 2 rings (SSSR count). The quantitative estimate of drug-likeness (QED) is 0.737. The number of rotatable bonds is 3. The molecule has 3 heteroatoms. The summed E-state index contributed by atoms with van der Waals surface area (Å²) in [5.41, 5.74) is 2.16. The summed E-state index contributed by atoms with van der Waals surface area (Å²) in [6, 6.07) is 2.05. The van der Waals surface area contributed by atoms with Crippen LogP contribution in [0.1, 0.15) is 29.9 Å². The van der Waals surface area contributed by atoms with Gasteiger partial charge < -0.3 is 10.4 Å². The van der Waals surface area contributed by atoms with Crippen molar-refractivity contribution < 1.29 is 5.11 Å². The van der Waals surface area contributed by atoms with Crippen LogP contribution in [0.5, 0.6) is 0 Å². The summed E-state index contributed by atoms with van der Waals surface area (Å²) in [7, 11) is 1.82. The average molecular weight is 178 g/mol. The summed E-state index contributed by atoms with van der Waals surface area (Å²) >= 11 is 0. The minimum atomic E-state index is 0.0593. The summed E-state index contributed by atoms with van der Waals surface area (Å²) in [6.45, 7) is 0.0593. The van der Waals surface area contributed by atoms with Crippen molar-refractivity contribution in [3.8, 4) is 0 Å². The first-order valence-corrected chi connectivity index (χ1v) is 4.62. The van der Waals surface area contributed by atoms with E-state index in [2.05, 4.69) is 16.4 Å². The molecule has 0 aliphatic heterocycles. The predicted octanol–water partition coefficient (Wildman–Crippen LogP) is 1.49. The molecule has 13 heavy (non-hydrogen) atoms. The molecule has 0 spiro atoms. The monoisotopic (exact) mass is 178 g/mol. The summed E-state index contributed by atoms with van der Waals surface area (Å²) < 4.78 is 0. The summed E-state index contributed by atoms with van der Waals surface area (Å²) in [4.78, 5) is 4.26. The minimum absolute atomic E-state index is 0.0593. The Labute approximate surface area is 77.8 Å². The third-order valence-corrected chi connectivity index (χ3v) is 2.44. The van der Waals surface area contributed by atoms with E-state index in [9.17, 15) is 0 Å². The van der Waals surface area contributed by atoms with Crippen LogP contribution in [0.15, 0.2) is 12.3 Å². The number of aliphatic hydroxyl groups is 1. The van der Waals surface area contributed by atoms with Gasteiger partial charge in [-0.3, -0.25) is 0 Å². The fourth-order valence-electron chi connectivity index (χ4n) is 1.51. The van der Waals surface area contributed by atoms with E-state index in [1.165, 1.54) is 18.4 Å². The number of hydrogen-bond acceptors (Lipinski definition) is 3. The van der Waals surface area contributed by atoms with Crippen LogP contribution in [-0.4, -0.2) is 17.1 Å². The van der Waals surface area contributed by atoms with Crippen molar-refractivity contribution in [2.24, 2.45) is 0 Å². The highest BCUT2D eigenvalue weighted by Gasteiger charge is 2.24. The number of nitrogens with zero attached hydrogens (tertiary/aromatic N) is 1. The lowest BCUT2D eigenvalue weighted by Gasteiger charge is -2.07. The molecule has 1 aliphatic carbocycles. The molecular formula is C10H14N2O. The van der Waals surface area contributed by atoms with Gasteiger partial charge in [-0.1, -0.05) is 0 Å². The third kappa shape index (κ3) is 1.65. The lowest BCUT2D eigenvalue weighted by atomic mass is 10.1. The van der Waals surface area contributed by atoms with Gasteiger partial charge in [0.2, 0.25) is 0 Å². The van der Waals surface area contributed by atoms with Crippen molar-refractivity contribution >= 4 is 5.82 Å². The smallest absolute Gasteiger partial charge is 0.131 e. The average Bonchev–Trinajstić information content (AvgIpc) is 3.00. The van der Waals surface area contributed by atoms with Crippen LogP contribution in [-0.2, 0) is 6.61 Å². The number of nitrogens with one attached hydrogen (secondary N) is 1. The first kappa shape index (κ1) is 8.51. The van der Waals surface area contributed by atoms with Crippen LogP contribution >= 0.6 is 0 Å². The molecule has 1 heterocycles. The molecule has 0 unspecified atom stereocenters. The molecule has 1 aromatic heterocycles. The van der Waals surface area contributed by atoms with Crippen LogP contribution in [0.3, 0.4) is 0 Å². The van der Waals surface area contributed by atoms with E-state index in [0.717, 1.165) is 11.4 Å². The molecule has 0 amide bonds. The van der Waals surface area contributed by atoms with E-state index >= 15 is 0 Å². The summed E-state index contributed by atoms with van der Waals surface area (Å²) in [5.74, 6) is 1.48. The minimum Gasteiger partial charge on any atom is -0.392 e. The van der Waals surface area contributed by atoms with E-state index in [0.29, 0.717) is 5.92 Å². The van der Waals surface area contributed by atoms with Crippen molar-refractivity contribution in [3.63, 3.8) is 0 Å². The predicted molar refractivity (Wildman–Crippen MR) is 51.7 cm³/mol. The van der Waals surface area contributed by atoms with Gasteiger partial charge in [-0.05, 0) is 30.4 Å². The second kappa shape index (κ2) is 3.34. The Morgan fingerprint density at radius 2 is 2.38 bits per heavy atom. The molecule has 0 saturated heterocycles. The normalized spacial score (nSPS) is 15.8. The highest BCUT2D eigenvalue weighted by molar-refractivity contribution is 5.45. The van der Waals surface area contributed by atoms with Gasteiger partial charge in [-0.25, -0.2) is 4.98 Å². The van der Waals surface area contributed by atoms with Crippen molar-refractivity contribution in [2.45, 2.75) is 25.4 Å². The summed E-state index contributed by atoms with van der Waals surface area (Å²) in [5, 5.41) is 12.1. The second-order valence-corrected chi connectivity index (χ2v) is 3.46. The topological polar surface area (TPSA) is 45.2 Å². The SMILES string of the molecule is CNc1ncc(C2CC2)cc1CO. The Morgan fingerprint density at radius 1 is 1.62 bits per heavy atom. The van der Waals surface area contributed by atoms with E-state index in [4.69, 9.17) is 5.11 Å². The molecule has 0 atom stereocenters. The van der Waals surface area contributed by atoms with Gasteiger partial charge in [0.1, 0.15) is 5.82 Å². The van der Waals surface area contributed by atoms with Crippen molar-refractivity contribution in [3.05, 3.63) is 23.4 Å². The first-order valence-electron chi connectivity index (χ1n) is 4.62. The molecule has 1 saturated carbocycles. The van der Waals surface area contributed by atoms with Gasteiger partial charge in [-0.15, -0.1) is 0 Å². The fourth-order valence-corrected chi connectivity index (χ4v) is 1.51. The van der Waals surface area contributed by atoms with Crippen LogP contribution in [0, 0.1) is 0 Å². The Morgan fingerprint density at radius 3 is 2.92 bits per heavy atom. The first-order chi connectivity index (χ1) is 6.35. The van der Waals surface area contributed by atoms with Gasteiger partial charge in [0.25, 0.3) is 0 Å². The molecule has 1 aliphatic rings. The van der Waals surface area contributed by atoms with E-state index in [-0.39, 0.29) is 6.61 Å². The molecule has 1 aromatic rings. The molecule has 3 nitrogen and oxygen atoms in total. The lowest BCUT2D eigenvalue weighted by Crippen LogP contribution is -1.99. The van der Waals surface area contributed by atoms with Gasteiger partial charge in [-0.2, -0.15) is 0 Å². The van der Waals surface area contributed by atoms with Crippen LogP contribution in [0.2, 0.25) is 0 Å². The number of hydrogen-bond donors (Lipinski definition) is 2. The van der Waals surface area contributed by atoms with Crippen molar-refractivity contribution in [2.75, 3.05) is 12.4 Å². The van der Waals surface area contributed by atoms with E-state index < -0.39 is 0 Å². The standard InChI is InChI=1S/C10H14N2O/c1-11-10-9(6-13)4-8(5-12-10)7-2-3-7/h4-5,7,13H,2-3,6H2,1H3,(H,11,12). The van der Waals surface area contributed by atoms with Crippen molar-refractivity contribution in [1.82, 2.24) is 4.98 Å². The van der Waals surface area contributed by atoms with Crippen molar-refractivity contribution in [1.29, 1.82) is 0 Å². The highest BCUT2D eigenvalue weighted by atomic mass is 16.3. The molecule has 0 aromatic carbocycles. The highest BCUT2D eigenvalue weighted by Crippen LogP contribution is 2.40. The van der Waals surface area contributed by atoms with Crippen LogP contribution < -0.4 is 5.32 Å². The lowest BCUT2D eigenvalue weighted by molar-refractivity contribution is 0.282. The Hall–Kier alpha value is -1.09. The molecule has 0 radical (unpaired) electrons. The van der Waals surface area contributed by atoms with Gasteiger partial charge in [0.15, 0.2) is 0 Å². The van der Waals surface area contributed by atoms with Gasteiger partial charge in [0.05, 0.1) is 6.61 Å². The maximum Gasteiger partial charge on any atom is 0.131 e. The second-order valence-electron chi connectivity index (χ2n) is 3.46. The zero-order valence-electron chi connectivity index (χ0n) is 7.75. The molecule has 70 valence electrons. The van der Waals surface area contributed by atoms with Crippen LogP contribution in [0.25, 0.3) is 0 Å². The third-order valence-electron chi connectivity index (χ3n) is 2.44. The maximum absolute atomic E-state index is 9.10. The maximum atomic E-state index is 9.10. The zero-order chi connectivity index (χ0) is 9.26. The van der Waals surface area contributed by atoms with Gasteiger partial charge in [0, 0.05) is 18.8 Å². The Balaban J connectivity index is 2.31. The van der Waals surface area contributed by atoms with E-state index in [1.807, 2.05) is 13.2 Å². The zero-order valence-corrected chi connectivity index (χ0v) is 7.75. The Bertz CT molecular complexity index is 308. The number of aromatic nitrogens is 1. The van der Waals surface area contributed by atoms with Crippen LogP contribution in [0.4, 0.5) is 5.82 Å². The number of pyridine rings is 1. The molecule has 2 N–H and O–H groups in total. The molecule has 0 bridgehead atoms. The fraction of sp³-hybridized carbons (Fsp3) is 0.500. The summed E-state index contributed by atoms with van der Waals surface area (Å²) in [6.07, 6.45) is 4.44. The molecule has 1 fully saturated rings. The largest absolute Gasteiger partial charge is 0.392 e. The van der Waals surface area contributed by atoms with E-state index in [1.54, 1.807) is 0 Å². The molecular weight excluding hydrogens is 164 g/mol. The van der Waals surface area contributed by atoms with Gasteiger partial charge >= 0.3 is 0 Å².